The van der Waals surface area contributed by atoms with Gasteiger partial charge in [0.25, 0.3) is 0 Å². The Hall–Kier alpha value is -1.58. The van der Waals surface area contributed by atoms with Crippen LogP contribution in [0, 0.1) is 5.82 Å². The third-order valence-corrected chi connectivity index (χ3v) is 2.33. The van der Waals surface area contributed by atoms with E-state index in [1.165, 1.54) is 18.2 Å². The summed E-state index contributed by atoms with van der Waals surface area (Å²) in [5, 5.41) is 11.7. The third-order valence-electron chi connectivity index (χ3n) is 2.33. The Morgan fingerprint density at radius 1 is 1.44 bits per heavy atom. The predicted molar refractivity (Wildman–Crippen MR) is 61.4 cm³/mol. The number of aromatic carboxylic acids is 1. The van der Waals surface area contributed by atoms with Crippen LogP contribution in [0.1, 0.15) is 36.5 Å². The number of hydrogen-bond acceptors (Lipinski definition) is 2. The summed E-state index contributed by atoms with van der Waals surface area (Å²) in [6.07, 6.45) is 3.03. The first-order valence-electron chi connectivity index (χ1n) is 5.42. The first-order valence-corrected chi connectivity index (χ1v) is 5.42. The second-order valence-electron chi connectivity index (χ2n) is 3.60. The van der Waals surface area contributed by atoms with Gasteiger partial charge in [0.05, 0.1) is 11.3 Å². The summed E-state index contributed by atoms with van der Waals surface area (Å²) in [6, 6.07) is 4.05. The van der Waals surface area contributed by atoms with Crippen molar-refractivity contribution in [2.75, 3.05) is 11.9 Å². The van der Waals surface area contributed by atoms with E-state index in [0.29, 0.717) is 6.54 Å². The van der Waals surface area contributed by atoms with E-state index in [-0.39, 0.29) is 11.3 Å². The van der Waals surface area contributed by atoms with Crippen molar-refractivity contribution in [1.82, 2.24) is 0 Å². The first-order chi connectivity index (χ1) is 7.66. The highest BCUT2D eigenvalue weighted by Gasteiger charge is 2.13. The maximum absolute atomic E-state index is 13.4. The standard InChI is InChI=1S/C12H16FNO2/c1-2-3-4-8-14-11-9(12(15)16)6-5-7-10(11)13/h5-7,14H,2-4,8H2,1H3,(H,15,16). The Morgan fingerprint density at radius 2 is 2.19 bits per heavy atom. The van der Waals surface area contributed by atoms with Crippen molar-refractivity contribution in [3.05, 3.63) is 29.6 Å². The van der Waals surface area contributed by atoms with Gasteiger partial charge in [-0.3, -0.25) is 0 Å². The van der Waals surface area contributed by atoms with Crippen molar-refractivity contribution in [1.29, 1.82) is 0 Å². The Labute approximate surface area is 94.3 Å². The predicted octanol–water partition coefficient (Wildman–Crippen LogP) is 3.13. The maximum Gasteiger partial charge on any atom is 0.337 e. The van der Waals surface area contributed by atoms with Gasteiger partial charge >= 0.3 is 5.97 Å². The van der Waals surface area contributed by atoms with Crippen molar-refractivity contribution >= 4 is 11.7 Å². The Kier molecular flexibility index (Phi) is 4.76. The number of rotatable bonds is 6. The highest BCUT2D eigenvalue weighted by molar-refractivity contribution is 5.94. The molecule has 0 heterocycles. The lowest BCUT2D eigenvalue weighted by molar-refractivity contribution is 0.0697. The van der Waals surface area contributed by atoms with Crippen molar-refractivity contribution in [2.45, 2.75) is 26.2 Å². The molecule has 1 aromatic carbocycles. The van der Waals surface area contributed by atoms with Gasteiger partial charge in [0.1, 0.15) is 5.82 Å². The topological polar surface area (TPSA) is 49.3 Å². The number of anilines is 1. The summed E-state index contributed by atoms with van der Waals surface area (Å²) in [6.45, 7) is 2.67. The zero-order valence-corrected chi connectivity index (χ0v) is 9.29. The molecule has 1 rings (SSSR count). The van der Waals surface area contributed by atoms with Crippen LogP contribution in [0.2, 0.25) is 0 Å². The van der Waals surface area contributed by atoms with Crippen molar-refractivity contribution in [3.63, 3.8) is 0 Å². The molecule has 0 saturated carbocycles. The molecular weight excluding hydrogens is 209 g/mol. The van der Waals surface area contributed by atoms with Gasteiger partial charge in [0.15, 0.2) is 0 Å². The molecule has 0 atom stereocenters. The van der Waals surface area contributed by atoms with E-state index < -0.39 is 11.8 Å². The summed E-state index contributed by atoms with van der Waals surface area (Å²) in [4.78, 5) is 10.9. The molecular formula is C12H16FNO2. The summed E-state index contributed by atoms with van der Waals surface area (Å²) in [5.41, 5.74) is 0.0719. The average molecular weight is 225 g/mol. The third kappa shape index (κ3) is 3.22. The Morgan fingerprint density at radius 3 is 2.81 bits per heavy atom. The smallest absolute Gasteiger partial charge is 0.337 e. The van der Waals surface area contributed by atoms with Gasteiger partial charge in [-0.1, -0.05) is 25.8 Å². The van der Waals surface area contributed by atoms with Crippen LogP contribution in [0.4, 0.5) is 10.1 Å². The summed E-state index contributed by atoms with van der Waals surface area (Å²) in [7, 11) is 0. The van der Waals surface area contributed by atoms with Crippen LogP contribution in [0.15, 0.2) is 18.2 Å². The van der Waals surface area contributed by atoms with Crippen LogP contribution in [0.3, 0.4) is 0 Å². The summed E-state index contributed by atoms with van der Waals surface area (Å²) < 4.78 is 13.4. The fourth-order valence-corrected chi connectivity index (χ4v) is 1.47. The molecule has 88 valence electrons. The van der Waals surface area contributed by atoms with Gasteiger partial charge in [0, 0.05) is 6.54 Å². The number of hydrogen-bond donors (Lipinski definition) is 2. The van der Waals surface area contributed by atoms with Gasteiger partial charge in [0.2, 0.25) is 0 Å². The minimum atomic E-state index is -1.11. The molecule has 0 radical (unpaired) electrons. The van der Waals surface area contributed by atoms with Gasteiger partial charge in [-0.05, 0) is 18.6 Å². The van der Waals surface area contributed by atoms with E-state index >= 15 is 0 Å². The van der Waals surface area contributed by atoms with Crippen LogP contribution < -0.4 is 5.32 Å². The number of carbonyl (C=O) groups is 1. The highest BCUT2D eigenvalue weighted by Crippen LogP contribution is 2.19. The lowest BCUT2D eigenvalue weighted by Crippen LogP contribution is -2.09. The van der Waals surface area contributed by atoms with Gasteiger partial charge in [-0.25, -0.2) is 9.18 Å². The average Bonchev–Trinajstić information content (AvgIpc) is 2.25. The largest absolute Gasteiger partial charge is 0.478 e. The number of benzene rings is 1. The molecule has 0 bridgehead atoms. The van der Waals surface area contributed by atoms with Crippen molar-refractivity contribution < 1.29 is 14.3 Å². The van der Waals surface area contributed by atoms with Crippen LogP contribution in [0.25, 0.3) is 0 Å². The normalized spacial score (nSPS) is 10.1. The number of nitrogens with one attached hydrogen (secondary N) is 1. The molecule has 16 heavy (non-hydrogen) atoms. The molecule has 0 saturated heterocycles. The molecule has 0 aliphatic rings. The van der Waals surface area contributed by atoms with E-state index in [1.54, 1.807) is 0 Å². The molecule has 1 aromatic rings. The quantitative estimate of drug-likeness (QED) is 0.731. The van der Waals surface area contributed by atoms with Crippen LogP contribution >= 0.6 is 0 Å². The van der Waals surface area contributed by atoms with Gasteiger partial charge in [-0.2, -0.15) is 0 Å². The number of carboxylic acids is 1. The fraction of sp³-hybridized carbons (Fsp3) is 0.417. The molecule has 0 aliphatic carbocycles. The van der Waals surface area contributed by atoms with Crippen LogP contribution in [-0.4, -0.2) is 17.6 Å². The second kappa shape index (κ2) is 6.10. The minimum absolute atomic E-state index is 0.0171. The molecule has 4 heteroatoms. The molecule has 0 amide bonds. The highest BCUT2D eigenvalue weighted by atomic mass is 19.1. The fourth-order valence-electron chi connectivity index (χ4n) is 1.47. The van der Waals surface area contributed by atoms with Gasteiger partial charge < -0.3 is 10.4 Å². The lowest BCUT2D eigenvalue weighted by atomic mass is 10.1. The van der Waals surface area contributed by atoms with E-state index in [2.05, 4.69) is 12.2 Å². The molecule has 0 fully saturated rings. The van der Waals surface area contributed by atoms with E-state index in [9.17, 15) is 9.18 Å². The first kappa shape index (κ1) is 12.5. The zero-order valence-electron chi connectivity index (χ0n) is 9.29. The number of halogens is 1. The van der Waals surface area contributed by atoms with Crippen molar-refractivity contribution in [2.24, 2.45) is 0 Å². The summed E-state index contributed by atoms with van der Waals surface area (Å²) in [5.74, 6) is -1.63. The lowest BCUT2D eigenvalue weighted by Gasteiger charge is -2.10. The maximum atomic E-state index is 13.4. The molecule has 0 aromatic heterocycles. The Balaban J connectivity index is 2.73. The summed E-state index contributed by atoms with van der Waals surface area (Å²) >= 11 is 0. The second-order valence-corrected chi connectivity index (χ2v) is 3.60. The Bertz CT molecular complexity index is 366. The van der Waals surface area contributed by atoms with Crippen molar-refractivity contribution in [3.8, 4) is 0 Å². The molecule has 2 N–H and O–H groups in total. The van der Waals surface area contributed by atoms with Gasteiger partial charge in [-0.15, -0.1) is 0 Å². The number of unbranched alkanes of at least 4 members (excludes halogenated alkanes) is 2. The molecule has 0 aliphatic heterocycles. The zero-order chi connectivity index (χ0) is 12.0. The van der Waals surface area contributed by atoms with E-state index in [0.717, 1.165) is 19.3 Å². The van der Waals surface area contributed by atoms with E-state index in [1.807, 2.05) is 0 Å². The van der Waals surface area contributed by atoms with Crippen LogP contribution in [0.5, 0.6) is 0 Å². The molecule has 0 spiro atoms. The van der Waals surface area contributed by atoms with Crippen LogP contribution in [-0.2, 0) is 0 Å². The van der Waals surface area contributed by atoms with E-state index in [4.69, 9.17) is 5.11 Å². The molecule has 3 nitrogen and oxygen atoms in total. The molecule has 0 unspecified atom stereocenters. The number of carboxylic acid groups (broad SMARTS) is 1. The number of para-hydroxylation sites is 1. The monoisotopic (exact) mass is 225 g/mol. The minimum Gasteiger partial charge on any atom is -0.478 e. The SMILES string of the molecule is CCCCCNc1c(F)cccc1C(=O)O.